The number of hydrogen-bond donors (Lipinski definition) is 1. The molecule has 0 unspecified atom stereocenters. The van der Waals surface area contributed by atoms with Crippen molar-refractivity contribution in [3.05, 3.63) is 34.6 Å². The Labute approximate surface area is 127 Å². The summed E-state index contributed by atoms with van der Waals surface area (Å²) in [5, 5.41) is 3.64. The third-order valence-corrected chi connectivity index (χ3v) is 4.52. The van der Waals surface area contributed by atoms with Crippen LogP contribution < -0.4 is 10.2 Å². The van der Waals surface area contributed by atoms with Crippen LogP contribution in [-0.2, 0) is 9.53 Å². The van der Waals surface area contributed by atoms with E-state index in [1.165, 1.54) is 10.5 Å². The summed E-state index contributed by atoms with van der Waals surface area (Å²) >= 11 is 1.67. The monoisotopic (exact) mass is 304 g/mol. The van der Waals surface area contributed by atoms with Crippen molar-refractivity contribution >= 4 is 24.0 Å². The number of nitrogens with one attached hydrogen (secondary N) is 1. The minimum Gasteiger partial charge on any atom is -0.364 e. The van der Waals surface area contributed by atoms with Crippen molar-refractivity contribution in [2.75, 3.05) is 25.3 Å². The fourth-order valence-corrected chi connectivity index (χ4v) is 3.54. The lowest BCUT2D eigenvalue weighted by molar-refractivity contribution is -0.109. The van der Waals surface area contributed by atoms with Gasteiger partial charge in [-0.05, 0) is 24.5 Å². The molecule has 0 fully saturated rings. The van der Waals surface area contributed by atoms with Gasteiger partial charge in [0.2, 0.25) is 6.41 Å². The molecule has 110 valence electrons. The molecule has 0 aromatic carbocycles. The van der Waals surface area contributed by atoms with Gasteiger partial charge in [-0.2, -0.15) is 0 Å². The first-order valence-corrected chi connectivity index (χ1v) is 7.50. The topological polar surface area (TPSA) is 67.3 Å². The Hall–Kier alpha value is -1.86. The molecular formula is C14H16N4O2S. The molecule has 0 bridgehead atoms. The Morgan fingerprint density at radius 3 is 3.10 bits per heavy atom. The Balaban J connectivity index is 1.95. The van der Waals surface area contributed by atoms with Crippen LogP contribution in [0.25, 0.3) is 0 Å². The third-order valence-electron chi connectivity index (χ3n) is 3.38. The fourth-order valence-electron chi connectivity index (χ4n) is 2.46. The molecule has 6 nitrogen and oxygen atoms in total. The number of carbonyl (C=O) groups excluding carboxylic acids is 1. The van der Waals surface area contributed by atoms with Gasteiger partial charge in [-0.25, -0.2) is 9.97 Å². The summed E-state index contributed by atoms with van der Waals surface area (Å²) in [5.74, 6) is 0.823. The van der Waals surface area contributed by atoms with E-state index in [2.05, 4.69) is 21.4 Å². The zero-order valence-corrected chi connectivity index (χ0v) is 12.5. The number of aromatic nitrogens is 2. The van der Waals surface area contributed by atoms with Gasteiger partial charge in [0, 0.05) is 31.0 Å². The van der Waals surface area contributed by atoms with Crippen molar-refractivity contribution in [1.82, 2.24) is 15.3 Å². The van der Waals surface area contributed by atoms with Crippen molar-refractivity contribution in [2.24, 2.45) is 0 Å². The summed E-state index contributed by atoms with van der Waals surface area (Å²) in [6, 6.07) is 0. The normalized spacial score (nSPS) is 17.0. The summed E-state index contributed by atoms with van der Waals surface area (Å²) < 4.78 is 5.32. The number of amides is 1. The van der Waals surface area contributed by atoms with Gasteiger partial charge in [0.15, 0.2) is 5.82 Å². The lowest BCUT2D eigenvalue weighted by atomic mass is 10.0. The van der Waals surface area contributed by atoms with Crippen molar-refractivity contribution < 1.29 is 9.53 Å². The molecule has 1 aliphatic heterocycles. The molecule has 0 spiro atoms. The van der Waals surface area contributed by atoms with E-state index in [9.17, 15) is 4.79 Å². The maximum absolute atomic E-state index is 10.5. The van der Waals surface area contributed by atoms with Gasteiger partial charge in [-0.15, -0.1) is 0 Å². The van der Waals surface area contributed by atoms with Crippen molar-refractivity contribution in [1.29, 1.82) is 0 Å². The number of carbonyl (C=O) groups is 1. The molecule has 2 heterocycles. The van der Waals surface area contributed by atoms with Crippen LogP contribution in [0.1, 0.15) is 12.8 Å². The summed E-state index contributed by atoms with van der Waals surface area (Å²) in [7, 11) is 1.67. The number of methoxy groups -OCH3 is 1. The Kier molecular flexibility index (Phi) is 4.21. The minimum atomic E-state index is 0.427. The van der Waals surface area contributed by atoms with Crippen LogP contribution in [0.5, 0.6) is 0 Å². The van der Waals surface area contributed by atoms with E-state index >= 15 is 0 Å². The Morgan fingerprint density at radius 1 is 1.43 bits per heavy atom. The standard InChI is InChI=1S/C14H16N4O2S/c1-20-9-18-11-6-10(7-15-8-19)2-3-12(11)21-14-13(18)16-4-5-17-14/h4-6,8H,2-3,7,9H2,1H3,(H,15,19). The lowest BCUT2D eigenvalue weighted by Gasteiger charge is -2.33. The van der Waals surface area contributed by atoms with Crippen LogP contribution in [-0.4, -0.2) is 36.8 Å². The summed E-state index contributed by atoms with van der Waals surface area (Å²) in [5.41, 5.74) is 2.30. The molecule has 0 saturated heterocycles. The number of fused-ring (bicyclic) bond motifs is 1. The quantitative estimate of drug-likeness (QED) is 0.835. The van der Waals surface area contributed by atoms with E-state index in [0.717, 1.165) is 35.8 Å². The van der Waals surface area contributed by atoms with Crippen LogP contribution in [0.2, 0.25) is 0 Å². The molecular weight excluding hydrogens is 288 g/mol. The highest BCUT2D eigenvalue weighted by molar-refractivity contribution is 8.03. The predicted molar refractivity (Wildman–Crippen MR) is 80.7 cm³/mol. The fraction of sp³-hybridized carbons (Fsp3) is 0.357. The van der Waals surface area contributed by atoms with Crippen LogP contribution in [0.4, 0.5) is 5.82 Å². The highest BCUT2D eigenvalue weighted by atomic mass is 32.2. The minimum absolute atomic E-state index is 0.427. The Bertz CT molecular complexity index is 615. The second kappa shape index (κ2) is 6.28. The van der Waals surface area contributed by atoms with Crippen LogP contribution in [0, 0.1) is 0 Å². The van der Waals surface area contributed by atoms with Gasteiger partial charge >= 0.3 is 0 Å². The smallest absolute Gasteiger partial charge is 0.207 e. The molecule has 0 atom stereocenters. The molecule has 1 aliphatic carbocycles. The zero-order chi connectivity index (χ0) is 14.7. The van der Waals surface area contributed by atoms with E-state index in [-0.39, 0.29) is 0 Å². The molecule has 1 N–H and O–H groups in total. The van der Waals surface area contributed by atoms with Crippen molar-refractivity contribution in [3.63, 3.8) is 0 Å². The lowest BCUT2D eigenvalue weighted by Crippen LogP contribution is -2.30. The SMILES string of the molecule is COCN1C2=C(CCC(CNC=O)=C2)Sc2nccnc21. The molecule has 0 saturated carbocycles. The summed E-state index contributed by atoms with van der Waals surface area (Å²) in [4.78, 5) is 22.6. The van der Waals surface area contributed by atoms with Crippen LogP contribution >= 0.6 is 11.8 Å². The average Bonchev–Trinajstić information content (AvgIpc) is 2.53. The second-order valence-corrected chi connectivity index (χ2v) is 5.83. The number of hydrogen-bond acceptors (Lipinski definition) is 6. The van der Waals surface area contributed by atoms with E-state index in [1.54, 1.807) is 31.3 Å². The third kappa shape index (κ3) is 2.79. The van der Waals surface area contributed by atoms with Crippen LogP contribution in [0.3, 0.4) is 0 Å². The van der Waals surface area contributed by atoms with Gasteiger partial charge in [-0.3, -0.25) is 9.69 Å². The molecule has 7 heteroatoms. The van der Waals surface area contributed by atoms with Gasteiger partial charge in [0.05, 0.1) is 5.70 Å². The number of anilines is 1. The molecule has 1 amide bonds. The molecule has 0 radical (unpaired) electrons. The van der Waals surface area contributed by atoms with Crippen molar-refractivity contribution in [2.45, 2.75) is 17.9 Å². The first-order chi connectivity index (χ1) is 10.3. The van der Waals surface area contributed by atoms with E-state index < -0.39 is 0 Å². The average molecular weight is 304 g/mol. The van der Waals surface area contributed by atoms with E-state index in [1.807, 2.05) is 4.90 Å². The molecule has 2 aliphatic rings. The highest BCUT2D eigenvalue weighted by Crippen LogP contribution is 2.45. The summed E-state index contributed by atoms with van der Waals surface area (Å²) in [6.07, 6.45) is 8.15. The van der Waals surface area contributed by atoms with Gasteiger partial charge < -0.3 is 10.1 Å². The van der Waals surface area contributed by atoms with Crippen molar-refractivity contribution in [3.8, 4) is 0 Å². The second-order valence-electron chi connectivity index (χ2n) is 4.74. The first kappa shape index (κ1) is 14.1. The first-order valence-electron chi connectivity index (χ1n) is 6.68. The number of nitrogens with zero attached hydrogens (tertiary/aromatic N) is 3. The molecule has 1 aromatic heterocycles. The van der Waals surface area contributed by atoms with Gasteiger partial charge in [0.1, 0.15) is 11.8 Å². The van der Waals surface area contributed by atoms with E-state index in [4.69, 9.17) is 4.74 Å². The maximum Gasteiger partial charge on any atom is 0.207 e. The number of ether oxygens (including phenoxy) is 1. The van der Waals surface area contributed by atoms with Gasteiger partial charge in [0.25, 0.3) is 0 Å². The van der Waals surface area contributed by atoms with Crippen LogP contribution in [0.15, 0.2) is 39.7 Å². The largest absolute Gasteiger partial charge is 0.364 e. The predicted octanol–water partition coefficient (Wildman–Crippen LogP) is 1.67. The Morgan fingerprint density at radius 2 is 2.29 bits per heavy atom. The zero-order valence-electron chi connectivity index (χ0n) is 11.7. The molecule has 21 heavy (non-hydrogen) atoms. The van der Waals surface area contributed by atoms with E-state index in [0.29, 0.717) is 13.3 Å². The molecule has 1 aromatic rings. The number of rotatable bonds is 5. The summed E-state index contributed by atoms with van der Waals surface area (Å²) in [6.45, 7) is 1.01. The maximum atomic E-state index is 10.5. The number of allylic oxidation sites excluding steroid dienone is 2. The molecule has 3 rings (SSSR count). The number of thioether (sulfide) groups is 1. The highest BCUT2D eigenvalue weighted by Gasteiger charge is 2.29. The van der Waals surface area contributed by atoms with Gasteiger partial charge in [-0.1, -0.05) is 11.8 Å².